The highest BCUT2D eigenvalue weighted by Crippen LogP contribution is 2.26. The molecule has 0 atom stereocenters. The predicted octanol–water partition coefficient (Wildman–Crippen LogP) is 3.59. The van der Waals surface area contributed by atoms with Gasteiger partial charge < -0.3 is 5.32 Å². The van der Waals surface area contributed by atoms with Gasteiger partial charge in [-0.25, -0.2) is 4.39 Å². The van der Waals surface area contributed by atoms with E-state index in [4.69, 9.17) is 0 Å². The molecule has 122 valence electrons. The molecule has 7 heteroatoms. The van der Waals surface area contributed by atoms with Crippen molar-refractivity contribution in [3.05, 3.63) is 88.0 Å². The summed E-state index contributed by atoms with van der Waals surface area (Å²) in [4.78, 5) is 10.5. The number of nitrogens with one attached hydrogen (secondary N) is 1. The summed E-state index contributed by atoms with van der Waals surface area (Å²) in [5.74, 6) is -0.520. The summed E-state index contributed by atoms with van der Waals surface area (Å²) in [6, 6.07) is 12.9. The van der Waals surface area contributed by atoms with Crippen LogP contribution in [-0.4, -0.2) is 14.7 Å². The minimum Gasteiger partial charge on any atom is -0.375 e. The van der Waals surface area contributed by atoms with Gasteiger partial charge in [-0.3, -0.25) is 14.8 Å². The summed E-state index contributed by atoms with van der Waals surface area (Å²) in [7, 11) is 0. The highest BCUT2D eigenvalue weighted by molar-refractivity contribution is 5.61. The van der Waals surface area contributed by atoms with Crippen molar-refractivity contribution >= 4 is 11.4 Å². The summed E-state index contributed by atoms with van der Waals surface area (Å²) < 4.78 is 15.2. The number of benzene rings is 2. The summed E-state index contributed by atoms with van der Waals surface area (Å²) in [6.07, 6.45) is 3.57. The Hall–Kier alpha value is -3.22. The molecule has 24 heavy (non-hydrogen) atoms. The highest BCUT2D eigenvalue weighted by atomic mass is 19.1. The van der Waals surface area contributed by atoms with Crippen LogP contribution in [0, 0.1) is 15.9 Å². The lowest BCUT2D eigenvalue weighted by Crippen LogP contribution is -2.08. The first-order valence-corrected chi connectivity index (χ1v) is 7.35. The summed E-state index contributed by atoms with van der Waals surface area (Å²) in [6.45, 7) is 0.942. The summed E-state index contributed by atoms with van der Waals surface area (Å²) >= 11 is 0. The molecule has 0 radical (unpaired) electrons. The van der Waals surface area contributed by atoms with Gasteiger partial charge in [-0.05, 0) is 23.3 Å². The zero-order valence-corrected chi connectivity index (χ0v) is 12.7. The van der Waals surface area contributed by atoms with Crippen LogP contribution in [0.3, 0.4) is 0 Å². The van der Waals surface area contributed by atoms with E-state index in [0.29, 0.717) is 13.1 Å². The van der Waals surface area contributed by atoms with Gasteiger partial charge in [0.15, 0.2) is 0 Å². The number of halogens is 1. The molecule has 1 heterocycles. The molecule has 0 aliphatic carbocycles. The molecular formula is C17H15FN4O2. The average molecular weight is 326 g/mol. The smallest absolute Gasteiger partial charge is 0.292 e. The van der Waals surface area contributed by atoms with E-state index in [1.54, 1.807) is 10.9 Å². The van der Waals surface area contributed by atoms with Gasteiger partial charge in [0.05, 0.1) is 11.5 Å². The number of anilines is 1. The van der Waals surface area contributed by atoms with Crippen LogP contribution >= 0.6 is 0 Å². The number of rotatable bonds is 6. The normalized spacial score (nSPS) is 10.5. The molecule has 0 spiro atoms. The minimum absolute atomic E-state index is 0.152. The lowest BCUT2D eigenvalue weighted by molar-refractivity contribution is -0.384. The second-order valence-corrected chi connectivity index (χ2v) is 5.24. The van der Waals surface area contributed by atoms with E-state index in [1.807, 2.05) is 36.5 Å². The molecule has 0 unspecified atom stereocenters. The second-order valence-electron chi connectivity index (χ2n) is 5.24. The number of aromatic nitrogens is 2. The zero-order valence-electron chi connectivity index (χ0n) is 12.7. The van der Waals surface area contributed by atoms with Crippen molar-refractivity contribution in [1.82, 2.24) is 9.78 Å². The third-order valence-corrected chi connectivity index (χ3v) is 3.63. The third-order valence-electron chi connectivity index (χ3n) is 3.63. The van der Waals surface area contributed by atoms with E-state index in [9.17, 15) is 14.5 Å². The largest absolute Gasteiger partial charge is 0.375 e. The fraction of sp³-hybridized carbons (Fsp3) is 0.118. The Labute approximate surface area is 137 Å². The van der Waals surface area contributed by atoms with Gasteiger partial charge in [0.25, 0.3) is 5.69 Å². The van der Waals surface area contributed by atoms with E-state index in [-0.39, 0.29) is 11.4 Å². The van der Waals surface area contributed by atoms with E-state index in [0.717, 1.165) is 29.3 Å². The quantitative estimate of drug-likeness (QED) is 0.555. The molecule has 1 aromatic heterocycles. The number of nitro groups is 1. The summed E-state index contributed by atoms with van der Waals surface area (Å²) in [5.41, 5.74) is 2.01. The van der Waals surface area contributed by atoms with Crippen LogP contribution in [0.5, 0.6) is 0 Å². The SMILES string of the molecule is O=[N+]([O-])c1ccc(F)cc1NCc1ccccc1Cn1cccn1. The van der Waals surface area contributed by atoms with Crippen LogP contribution in [0.15, 0.2) is 60.9 Å². The highest BCUT2D eigenvalue weighted by Gasteiger charge is 2.14. The van der Waals surface area contributed by atoms with Gasteiger partial charge in [0.2, 0.25) is 0 Å². The molecule has 0 aliphatic rings. The van der Waals surface area contributed by atoms with Crippen LogP contribution in [-0.2, 0) is 13.1 Å². The maximum atomic E-state index is 13.4. The Morgan fingerprint density at radius 3 is 2.67 bits per heavy atom. The molecule has 3 aromatic rings. The molecular weight excluding hydrogens is 311 g/mol. The van der Waals surface area contributed by atoms with Gasteiger partial charge in [-0.15, -0.1) is 0 Å². The first kappa shape index (κ1) is 15.7. The molecule has 0 aliphatic heterocycles. The Kier molecular flexibility index (Phi) is 4.51. The summed E-state index contributed by atoms with van der Waals surface area (Å²) in [5, 5.41) is 18.2. The Morgan fingerprint density at radius 2 is 1.96 bits per heavy atom. The molecule has 2 aromatic carbocycles. The molecule has 0 fully saturated rings. The fourth-order valence-electron chi connectivity index (χ4n) is 2.45. The average Bonchev–Trinajstić information content (AvgIpc) is 3.07. The monoisotopic (exact) mass is 326 g/mol. The Bertz CT molecular complexity index is 850. The maximum Gasteiger partial charge on any atom is 0.292 e. The van der Waals surface area contributed by atoms with Crippen molar-refractivity contribution in [1.29, 1.82) is 0 Å². The van der Waals surface area contributed by atoms with Crippen LogP contribution in [0.2, 0.25) is 0 Å². The van der Waals surface area contributed by atoms with Crippen molar-refractivity contribution in [2.24, 2.45) is 0 Å². The number of hydrogen-bond acceptors (Lipinski definition) is 4. The lowest BCUT2D eigenvalue weighted by atomic mass is 10.1. The van der Waals surface area contributed by atoms with Crippen LogP contribution in [0.4, 0.5) is 15.8 Å². The molecule has 3 rings (SSSR count). The Morgan fingerprint density at radius 1 is 1.17 bits per heavy atom. The first-order valence-electron chi connectivity index (χ1n) is 7.35. The van der Waals surface area contributed by atoms with Crippen molar-refractivity contribution < 1.29 is 9.31 Å². The van der Waals surface area contributed by atoms with Crippen molar-refractivity contribution in [3.8, 4) is 0 Å². The molecule has 1 N–H and O–H groups in total. The zero-order chi connectivity index (χ0) is 16.9. The van der Waals surface area contributed by atoms with Crippen LogP contribution in [0.25, 0.3) is 0 Å². The van der Waals surface area contributed by atoms with Gasteiger partial charge in [0, 0.05) is 31.1 Å². The molecule has 0 amide bonds. The first-order chi connectivity index (χ1) is 11.6. The molecule has 0 saturated heterocycles. The lowest BCUT2D eigenvalue weighted by Gasteiger charge is -2.12. The molecule has 6 nitrogen and oxygen atoms in total. The Balaban J connectivity index is 1.80. The van der Waals surface area contributed by atoms with Crippen molar-refractivity contribution in [2.45, 2.75) is 13.1 Å². The predicted molar refractivity (Wildman–Crippen MR) is 88.2 cm³/mol. The van der Waals surface area contributed by atoms with Crippen LogP contribution < -0.4 is 5.32 Å². The third kappa shape index (κ3) is 3.57. The maximum absolute atomic E-state index is 13.4. The van der Waals surface area contributed by atoms with E-state index in [2.05, 4.69) is 10.4 Å². The van der Waals surface area contributed by atoms with Crippen molar-refractivity contribution in [2.75, 3.05) is 5.32 Å². The van der Waals surface area contributed by atoms with Crippen LogP contribution in [0.1, 0.15) is 11.1 Å². The number of nitrogens with zero attached hydrogens (tertiary/aromatic N) is 3. The second kappa shape index (κ2) is 6.91. The number of nitro benzene ring substituents is 1. The van der Waals surface area contributed by atoms with Gasteiger partial charge in [-0.1, -0.05) is 24.3 Å². The molecule has 0 bridgehead atoms. The van der Waals surface area contributed by atoms with E-state index in [1.165, 1.54) is 0 Å². The van der Waals surface area contributed by atoms with Gasteiger partial charge >= 0.3 is 0 Å². The standard InChI is InChI=1S/C17H15FN4O2/c18-15-6-7-17(22(23)24)16(10-15)19-11-13-4-1-2-5-14(13)12-21-9-3-8-20-21/h1-10,19H,11-12H2. The van der Waals surface area contributed by atoms with E-state index < -0.39 is 10.7 Å². The number of hydrogen-bond donors (Lipinski definition) is 1. The van der Waals surface area contributed by atoms with Gasteiger partial charge in [-0.2, -0.15) is 5.10 Å². The van der Waals surface area contributed by atoms with E-state index >= 15 is 0 Å². The topological polar surface area (TPSA) is 73.0 Å². The van der Waals surface area contributed by atoms with Gasteiger partial charge in [0.1, 0.15) is 11.5 Å². The fourth-order valence-corrected chi connectivity index (χ4v) is 2.45. The molecule has 0 saturated carbocycles. The minimum atomic E-state index is -0.530. The van der Waals surface area contributed by atoms with Crippen molar-refractivity contribution in [3.63, 3.8) is 0 Å².